The highest BCUT2D eigenvalue weighted by Gasteiger charge is 2.31. The van der Waals surface area contributed by atoms with Crippen molar-refractivity contribution in [2.75, 3.05) is 26.2 Å². The van der Waals surface area contributed by atoms with Crippen LogP contribution >= 0.6 is 0 Å². The summed E-state index contributed by atoms with van der Waals surface area (Å²) in [6.45, 7) is 7.99. The number of ether oxygens (including phenoxy) is 2. The molecule has 0 spiro atoms. The minimum absolute atomic E-state index is 0.379. The molecule has 2 N–H and O–H groups in total. The first-order valence-corrected chi connectivity index (χ1v) is 8.84. The Morgan fingerprint density at radius 1 is 1.12 bits per heavy atom. The molecule has 0 aromatic rings. The van der Waals surface area contributed by atoms with E-state index in [2.05, 4.69) is 10.6 Å². The van der Waals surface area contributed by atoms with Crippen molar-refractivity contribution < 1.29 is 28.7 Å². The molecule has 0 radical (unpaired) electrons. The number of hydrogen-bond donors (Lipinski definition) is 2. The first-order valence-electron chi connectivity index (χ1n) is 8.84. The van der Waals surface area contributed by atoms with Gasteiger partial charge in [0.1, 0.15) is 5.60 Å². The number of esters is 1. The lowest BCUT2D eigenvalue weighted by Crippen LogP contribution is -2.44. The Kier molecular flexibility index (Phi) is 8.34. The summed E-state index contributed by atoms with van der Waals surface area (Å²) in [5.74, 6) is -1.56. The van der Waals surface area contributed by atoms with Crippen molar-refractivity contribution in [2.45, 2.75) is 52.6 Å². The molecule has 0 aromatic heterocycles. The van der Waals surface area contributed by atoms with Crippen LogP contribution in [0.5, 0.6) is 0 Å². The van der Waals surface area contributed by atoms with Gasteiger partial charge in [-0.05, 0) is 40.0 Å². The zero-order valence-electron chi connectivity index (χ0n) is 15.9. The number of urea groups is 1. The molecular weight excluding hydrogens is 342 g/mol. The smallest absolute Gasteiger partial charge is 0.410 e. The number of rotatable bonds is 5. The minimum Gasteiger partial charge on any atom is -0.455 e. The number of amides is 4. The van der Waals surface area contributed by atoms with Crippen LogP contribution in [0.2, 0.25) is 0 Å². The van der Waals surface area contributed by atoms with Crippen LogP contribution in [0.3, 0.4) is 0 Å². The second-order valence-electron chi connectivity index (χ2n) is 7.15. The van der Waals surface area contributed by atoms with Crippen LogP contribution in [0, 0.1) is 5.92 Å². The number of carbonyl (C=O) groups is 4. The second kappa shape index (κ2) is 9.98. The van der Waals surface area contributed by atoms with E-state index in [1.54, 1.807) is 25.7 Å². The molecule has 0 unspecified atom stereocenters. The minimum atomic E-state index is -0.682. The lowest BCUT2D eigenvalue weighted by molar-refractivity contribution is -0.153. The van der Waals surface area contributed by atoms with E-state index in [-0.39, 0.29) is 5.92 Å². The summed E-state index contributed by atoms with van der Waals surface area (Å²) in [5.41, 5.74) is -0.566. The van der Waals surface area contributed by atoms with Crippen molar-refractivity contribution in [1.29, 1.82) is 0 Å². The molecule has 0 aromatic carbocycles. The molecule has 26 heavy (non-hydrogen) atoms. The first kappa shape index (κ1) is 21.7. The summed E-state index contributed by atoms with van der Waals surface area (Å²) in [7, 11) is 0. The molecule has 1 rings (SSSR count). The summed E-state index contributed by atoms with van der Waals surface area (Å²) in [5, 5.41) is 4.57. The van der Waals surface area contributed by atoms with Crippen molar-refractivity contribution in [3.8, 4) is 0 Å². The van der Waals surface area contributed by atoms with Gasteiger partial charge in [-0.2, -0.15) is 0 Å². The molecule has 1 heterocycles. The molecule has 1 fully saturated rings. The van der Waals surface area contributed by atoms with E-state index in [9.17, 15) is 19.2 Å². The van der Waals surface area contributed by atoms with Crippen LogP contribution in [-0.2, 0) is 19.1 Å². The van der Waals surface area contributed by atoms with Crippen molar-refractivity contribution in [3.63, 3.8) is 0 Å². The highest BCUT2D eigenvalue weighted by molar-refractivity contribution is 5.95. The van der Waals surface area contributed by atoms with Crippen LogP contribution in [0.1, 0.15) is 47.0 Å². The lowest BCUT2D eigenvalue weighted by Gasteiger charge is -2.32. The van der Waals surface area contributed by atoms with E-state index < -0.39 is 36.2 Å². The quantitative estimate of drug-likeness (QED) is 0.706. The van der Waals surface area contributed by atoms with Gasteiger partial charge in [-0.15, -0.1) is 0 Å². The van der Waals surface area contributed by atoms with Gasteiger partial charge in [0.15, 0.2) is 6.61 Å². The van der Waals surface area contributed by atoms with E-state index >= 15 is 0 Å². The lowest BCUT2D eigenvalue weighted by atomic mass is 9.97. The maximum Gasteiger partial charge on any atom is 0.410 e. The van der Waals surface area contributed by atoms with Gasteiger partial charge in [0.25, 0.3) is 5.91 Å². The average Bonchev–Trinajstić information content (AvgIpc) is 2.56. The Hall–Kier alpha value is -2.32. The molecule has 9 nitrogen and oxygen atoms in total. The fraction of sp³-hybridized carbons (Fsp3) is 0.765. The third-order valence-electron chi connectivity index (χ3n) is 3.61. The first-order chi connectivity index (χ1) is 12.1. The number of piperidine rings is 1. The fourth-order valence-corrected chi connectivity index (χ4v) is 2.32. The molecule has 9 heteroatoms. The van der Waals surface area contributed by atoms with Crippen LogP contribution in [0.25, 0.3) is 0 Å². The molecule has 148 valence electrons. The molecule has 0 bridgehead atoms. The number of carbonyl (C=O) groups excluding carboxylic acids is 4. The molecule has 1 aliphatic heterocycles. The standard InChI is InChI=1S/C17H29N3O6/c1-5-8-18-15(23)19-13(21)11-25-14(22)12-6-9-20(10-7-12)16(24)26-17(2,3)4/h12H,5-11H2,1-4H3,(H2,18,19,21,23). The molecule has 1 saturated heterocycles. The van der Waals surface area contributed by atoms with Gasteiger partial charge in [-0.1, -0.05) is 6.92 Å². The van der Waals surface area contributed by atoms with E-state index in [0.717, 1.165) is 6.42 Å². The summed E-state index contributed by atoms with van der Waals surface area (Å²) < 4.78 is 10.3. The largest absolute Gasteiger partial charge is 0.455 e. The van der Waals surface area contributed by atoms with Gasteiger partial charge in [-0.25, -0.2) is 9.59 Å². The average molecular weight is 371 g/mol. The maximum absolute atomic E-state index is 12.0. The van der Waals surface area contributed by atoms with Gasteiger partial charge >= 0.3 is 18.1 Å². The van der Waals surface area contributed by atoms with Crippen LogP contribution in [0.15, 0.2) is 0 Å². The number of imide groups is 1. The van der Waals surface area contributed by atoms with Crippen molar-refractivity contribution in [1.82, 2.24) is 15.5 Å². The third kappa shape index (κ3) is 8.17. The number of nitrogens with one attached hydrogen (secondary N) is 2. The SMILES string of the molecule is CCCNC(=O)NC(=O)COC(=O)C1CCN(C(=O)OC(C)(C)C)CC1. The van der Waals surface area contributed by atoms with Crippen molar-refractivity contribution in [2.24, 2.45) is 5.92 Å². The maximum atomic E-state index is 12.0. The predicted octanol–water partition coefficient (Wildman–Crippen LogP) is 1.41. The van der Waals surface area contributed by atoms with Gasteiger partial charge < -0.3 is 19.7 Å². The summed E-state index contributed by atoms with van der Waals surface area (Å²) in [6.07, 6.45) is 1.23. The Labute approximate surface area is 153 Å². The normalized spacial score (nSPS) is 15.2. The second-order valence-corrected chi connectivity index (χ2v) is 7.15. The number of hydrogen-bond acceptors (Lipinski definition) is 6. The van der Waals surface area contributed by atoms with E-state index in [4.69, 9.17) is 9.47 Å². The zero-order valence-corrected chi connectivity index (χ0v) is 15.9. The topological polar surface area (TPSA) is 114 Å². The van der Waals surface area contributed by atoms with E-state index in [0.29, 0.717) is 32.5 Å². The van der Waals surface area contributed by atoms with E-state index in [1.807, 2.05) is 6.92 Å². The van der Waals surface area contributed by atoms with Gasteiger partial charge in [-0.3, -0.25) is 14.9 Å². The molecule has 4 amide bonds. The number of nitrogens with zero attached hydrogens (tertiary/aromatic N) is 1. The van der Waals surface area contributed by atoms with Crippen LogP contribution < -0.4 is 10.6 Å². The predicted molar refractivity (Wildman–Crippen MR) is 93.3 cm³/mol. The molecule has 0 atom stereocenters. The van der Waals surface area contributed by atoms with E-state index in [1.165, 1.54) is 0 Å². The van der Waals surface area contributed by atoms with Crippen LogP contribution in [-0.4, -0.2) is 60.7 Å². The van der Waals surface area contributed by atoms with Gasteiger partial charge in [0.2, 0.25) is 0 Å². The third-order valence-corrected chi connectivity index (χ3v) is 3.61. The number of likely N-dealkylation sites (tertiary alicyclic amines) is 1. The zero-order chi connectivity index (χ0) is 19.7. The van der Waals surface area contributed by atoms with Gasteiger partial charge in [0, 0.05) is 19.6 Å². The Morgan fingerprint density at radius 3 is 2.27 bits per heavy atom. The highest BCUT2D eigenvalue weighted by Crippen LogP contribution is 2.20. The summed E-state index contributed by atoms with van der Waals surface area (Å²) >= 11 is 0. The molecule has 1 aliphatic rings. The van der Waals surface area contributed by atoms with Crippen molar-refractivity contribution in [3.05, 3.63) is 0 Å². The summed E-state index contributed by atoms with van der Waals surface area (Å²) in [4.78, 5) is 48.4. The Balaban J connectivity index is 2.30. The Bertz CT molecular complexity index is 521. The molecule has 0 aliphatic carbocycles. The fourth-order valence-electron chi connectivity index (χ4n) is 2.32. The monoisotopic (exact) mass is 371 g/mol. The van der Waals surface area contributed by atoms with Crippen LogP contribution in [0.4, 0.5) is 9.59 Å². The summed E-state index contributed by atoms with van der Waals surface area (Å²) in [6, 6.07) is -0.612. The highest BCUT2D eigenvalue weighted by atomic mass is 16.6. The Morgan fingerprint density at radius 2 is 1.73 bits per heavy atom. The van der Waals surface area contributed by atoms with Gasteiger partial charge in [0.05, 0.1) is 5.92 Å². The molecule has 0 saturated carbocycles. The van der Waals surface area contributed by atoms with Crippen molar-refractivity contribution >= 4 is 24.0 Å². The molecular formula is C17H29N3O6.